The van der Waals surface area contributed by atoms with E-state index in [-0.39, 0.29) is 5.82 Å². The molecule has 0 bridgehead atoms. The molecule has 0 aliphatic heterocycles. The van der Waals surface area contributed by atoms with Gasteiger partial charge in [0.25, 0.3) is 0 Å². The fourth-order valence-electron chi connectivity index (χ4n) is 3.52. The Labute approximate surface area is 169 Å². The van der Waals surface area contributed by atoms with Crippen LogP contribution in [0.5, 0.6) is 0 Å². The standard InChI is InChI=1S/C25H21FN2O/c1-3-27-20-6-4-5-17(12-20)21-9-8-18(13-23(21)26)25-14-19(15-29)22-11-16(2)7-10-24(22)28-25/h4-15,27H,3H2,1-2H3. The minimum Gasteiger partial charge on any atom is -0.385 e. The van der Waals surface area contributed by atoms with Gasteiger partial charge in [-0.2, -0.15) is 0 Å². The molecule has 0 radical (unpaired) electrons. The minimum absolute atomic E-state index is 0.324. The lowest BCUT2D eigenvalue weighted by Crippen LogP contribution is -1.96. The number of benzene rings is 3. The zero-order valence-electron chi connectivity index (χ0n) is 16.4. The van der Waals surface area contributed by atoms with Gasteiger partial charge in [-0.3, -0.25) is 4.79 Å². The third-order valence-corrected chi connectivity index (χ3v) is 4.94. The average molecular weight is 384 g/mol. The quantitative estimate of drug-likeness (QED) is 0.413. The van der Waals surface area contributed by atoms with Crippen LogP contribution in [-0.4, -0.2) is 17.8 Å². The molecule has 0 unspecified atom stereocenters. The summed E-state index contributed by atoms with van der Waals surface area (Å²) >= 11 is 0. The first-order valence-electron chi connectivity index (χ1n) is 9.60. The number of hydrogen-bond donors (Lipinski definition) is 1. The molecule has 4 rings (SSSR count). The number of aryl methyl sites for hydroxylation is 1. The van der Waals surface area contributed by atoms with Gasteiger partial charge in [-0.1, -0.05) is 35.9 Å². The van der Waals surface area contributed by atoms with E-state index in [1.165, 1.54) is 6.07 Å². The molecule has 0 atom stereocenters. The summed E-state index contributed by atoms with van der Waals surface area (Å²) < 4.78 is 15.0. The predicted molar refractivity (Wildman–Crippen MR) is 117 cm³/mol. The zero-order chi connectivity index (χ0) is 20.4. The van der Waals surface area contributed by atoms with Gasteiger partial charge in [0.15, 0.2) is 6.29 Å². The maximum atomic E-state index is 15.0. The predicted octanol–water partition coefficient (Wildman–Crippen LogP) is 6.26. The summed E-state index contributed by atoms with van der Waals surface area (Å²) in [6, 6.07) is 20.3. The number of fused-ring (bicyclic) bond motifs is 1. The fraction of sp³-hybridized carbons (Fsp3) is 0.120. The summed E-state index contributed by atoms with van der Waals surface area (Å²) in [5, 5.41) is 4.05. The highest BCUT2D eigenvalue weighted by atomic mass is 19.1. The fourth-order valence-corrected chi connectivity index (χ4v) is 3.52. The van der Waals surface area contributed by atoms with E-state index in [9.17, 15) is 9.18 Å². The molecule has 0 fully saturated rings. The highest BCUT2D eigenvalue weighted by molar-refractivity contribution is 5.98. The molecule has 4 aromatic rings. The molecule has 29 heavy (non-hydrogen) atoms. The molecule has 1 N–H and O–H groups in total. The largest absolute Gasteiger partial charge is 0.385 e. The van der Waals surface area contributed by atoms with Crippen LogP contribution < -0.4 is 5.32 Å². The second-order valence-corrected chi connectivity index (χ2v) is 7.04. The summed E-state index contributed by atoms with van der Waals surface area (Å²) in [6.45, 7) is 4.80. The van der Waals surface area contributed by atoms with Gasteiger partial charge in [0.1, 0.15) is 5.82 Å². The maximum Gasteiger partial charge on any atom is 0.150 e. The highest BCUT2D eigenvalue weighted by Gasteiger charge is 2.11. The molecule has 144 valence electrons. The van der Waals surface area contributed by atoms with Gasteiger partial charge in [0.2, 0.25) is 0 Å². The number of nitrogens with one attached hydrogen (secondary N) is 1. The van der Waals surface area contributed by atoms with E-state index in [2.05, 4.69) is 10.3 Å². The second kappa shape index (κ2) is 7.84. The first-order valence-corrected chi connectivity index (χ1v) is 9.60. The first-order chi connectivity index (χ1) is 14.1. The summed E-state index contributed by atoms with van der Waals surface area (Å²) in [6.07, 6.45) is 0.823. The summed E-state index contributed by atoms with van der Waals surface area (Å²) in [5.74, 6) is -0.324. The Morgan fingerprint density at radius 3 is 2.62 bits per heavy atom. The number of halogens is 1. The van der Waals surface area contributed by atoms with Crippen LogP contribution >= 0.6 is 0 Å². The van der Waals surface area contributed by atoms with Crippen LogP contribution in [-0.2, 0) is 0 Å². The van der Waals surface area contributed by atoms with Gasteiger partial charge < -0.3 is 5.32 Å². The number of nitrogens with zero attached hydrogens (tertiary/aromatic N) is 1. The normalized spacial score (nSPS) is 10.9. The Morgan fingerprint density at radius 1 is 1.00 bits per heavy atom. The van der Waals surface area contributed by atoms with Crippen molar-refractivity contribution in [3.05, 3.63) is 83.7 Å². The lowest BCUT2D eigenvalue weighted by Gasteiger charge is -2.10. The first kappa shape index (κ1) is 18.8. The SMILES string of the molecule is CCNc1cccc(-c2ccc(-c3cc(C=O)c4cc(C)ccc4n3)cc2F)c1. The van der Waals surface area contributed by atoms with Gasteiger partial charge in [0.05, 0.1) is 11.2 Å². The maximum absolute atomic E-state index is 15.0. The van der Waals surface area contributed by atoms with E-state index in [1.807, 2.05) is 62.4 Å². The molecule has 0 aliphatic rings. The lowest BCUT2D eigenvalue weighted by atomic mass is 9.99. The molecule has 1 aromatic heterocycles. The molecular formula is C25H21FN2O. The van der Waals surface area contributed by atoms with Crippen molar-refractivity contribution in [1.82, 2.24) is 4.98 Å². The molecule has 0 amide bonds. The topological polar surface area (TPSA) is 42.0 Å². The van der Waals surface area contributed by atoms with Crippen molar-refractivity contribution in [2.45, 2.75) is 13.8 Å². The number of anilines is 1. The van der Waals surface area contributed by atoms with Crippen LogP contribution in [0.1, 0.15) is 22.8 Å². The van der Waals surface area contributed by atoms with E-state index in [0.29, 0.717) is 22.4 Å². The Kier molecular flexibility index (Phi) is 5.09. The van der Waals surface area contributed by atoms with E-state index in [1.54, 1.807) is 12.1 Å². The molecule has 0 aliphatic carbocycles. The molecule has 0 saturated carbocycles. The molecule has 0 saturated heterocycles. The van der Waals surface area contributed by atoms with Crippen LogP contribution in [0, 0.1) is 12.7 Å². The van der Waals surface area contributed by atoms with Crippen molar-refractivity contribution in [3.63, 3.8) is 0 Å². The Morgan fingerprint density at radius 2 is 1.86 bits per heavy atom. The van der Waals surface area contributed by atoms with E-state index >= 15 is 0 Å². The van der Waals surface area contributed by atoms with Crippen molar-refractivity contribution < 1.29 is 9.18 Å². The highest BCUT2D eigenvalue weighted by Crippen LogP contribution is 2.30. The number of carbonyl (C=O) groups is 1. The van der Waals surface area contributed by atoms with Gasteiger partial charge in [-0.25, -0.2) is 9.37 Å². The number of aromatic nitrogens is 1. The second-order valence-electron chi connectivity index (χ2n) is 7.04. The van der Waals surface area contributed by atoms with Crippen molar-refractivity contribution in [1.29, 1.82) is 0 Å². The van der Waals surface area contributed by atoms with Crippen molar-refractivity contribution >= 4 is 22.9 Å². The molecule has 0 spiro atoms. The van der Waals surface area contributed by atoms with Crippen LogP contribution in [0.2, 0.25) is 0 Å². The summed E-state index contributed by atoms with van der Waals surface area (Å²) in [4.78, 5) is 16.2. The Hall–Kier alpha value is -3.53. The average Bonchev–Trinajstić information content (AvgIpc) is 2.73. The number of aldehydes is 1. The van der Waals surface area contributed by atoms with Gasteiger partial charge in [0, 0.05) is 34.3 Å². The molecule has 1 heterocycles. The van der Waals surface area contributed by atoms with Gasteiger partial charge in [-0.15, -0.1) is 0 Å². The third kappa shape index (κ3) is 3.74. The summed E-state index contributed by atoms with van der Waals surface area (Å²) in [7, 11) is 0. The Bertz CT molecular complexity index is 1220. The monoisotopic (exact) mass is 384 g/mol. The lowest BCUT2D eigenvalue weighted by molar-refractivity contribution is 0.112. The van der Waals surface area contributed by atoms with Crippen LogP contribution in [0.4, 0.5) is 10.1 Å². The number of hydrogen-bond acceptors (Lipinski definition) is 3. The van der Waals surface area contributed by atoms with E-state index in [4.69, 9.17) is 0 Å². The zero-order valence-corrected chi connectivity index (χ0v) is 16.4. The van der Waals surface area contributed by atoms with Gasteiger partial charge in [-0.05, 0) is 55.8 Å². The van der Waals surface area contributed by atoms with Crippen molar-refractivity contribution in [2.75, 3.05) is 11.9 Å². The number of pyridine rings is 1. The molecule has 3 nitrogen and oxygen atoms in total. The molecule has 4 heteroatoms. The smallest absolute Gasteiger partial charge is 0.150 e. The third-order valence-electron chi connectivity index (χ3n) is 4.94. The van der Waals surface area contributed by atoms with E-state index < -0.39 is 0 Å². The number of carbonyl (C=O) groups excluding carboxylic acids is 1. The number of rotatable bonds is 5. The van der Waals surface area contributed by atoms with Gasteiger partial charge >= 0.3 is 0 Å². The van der Waals surface area contributed by atoms with Crippen LogP contribution in [0.15, 0.2) is 66.7 Å². The van der Waals surface area contributed by atoms with Crippen LogP contribution in [0.3, 0.4) is 0 Å². The molecule has 3 aromatic carbocycles. The van der Waals surface area contributed by atoms with E-state index in [0.717, 1.165) is 40.5 Å². The van der Waals surface area contributed by atoms with Crippen molar-refractivity contribution in [3.8, 4) is 22.4 Å². The summed E-state index contributed by atoms with van der Waals surface area (Å²) in [5.41, 5.74) is 5.84. The Balaban J connectivity index is 1.77. The van der Waals surface area contributed by atoms with Crippen molar-refractivity contribution in [2.24, 2.45) is 0 Å². The molecular weight excluding hydrogens is 363 g/mol. The van der Waals surface area contributed by atoms with Crippen LogP contribution in [0.25, 0.3) is 33.3 Å². The minimum atomic E-state index is -0.324.